The topological polar surface area (TPSA) is 29.3 Å². The van der Waals surface area contributed by atoms with E-state index in [1.54, 1.807) is 11.1 Å². The van der Waals surface area contributed by atoms with Gasteiger partial charge in [-0.05, 0) is 62.6 Å². The van der Waals surface area contributed by atoms with Gasteiger partial charge in [-0.15, -0.1) is 0 Å². The molecule has 0 aromatic heterocycles. The van der Waals surface area contributed by atoms with Crippen LogP contribution in [0.3, 0.4) is 0 Å². The average molecular weight is 272 g/mol. The molecule has 110 valence electrons. The first-order valence-corrected chi connectivity index (χ1v) is 8.36. The molecule has 0 bridgehead atoms. The average Bonchev–Trinajstić information content (AvgIpc) is 2.89. The lowest BCUT2D eigenvalue weighted by Crippen LogP contribution is -2.47. The van der Waals surface area contributed by atoms with E-state index < -0.39 is 0 Å². The smallest absolute Gasteiger partial charge is 0.0179 e. The van der Waals surface area contributed by atoms with Crippen molar-refractivity contribution < 1.29 is 0 Å². The predicted octanol–water partition coefficient (Wildman–Crippen LogP) is 3.14. The lowest BCUT2D eigenvalue weighted by Gasteiger charge is -2.39. The van der Waals surface area contributed by atoms with Gasteiger partial charge in [0.05, 0.1) is 0 Å². The number of nitrogens with zero attached hydrogens (tertiary/aromatic N) is 1. The first-order chi connectivity index (χ1) is 9.78. The third-order valence-corrected chi connectivity index (χ3v) is 5.19. The molecule has 2 aliphatic rings. The first kappa shape index (κ1) is 14.1. The highest BCUT2D eigenvalue weighted by Crippen LogP contribution is 2.31. The zero-order valence-corrected chi connectivity index (χ0v) is 12.7. The Labute approximate surface area is 123 Å². The minimum absolute atomic E-state index is 0.454. The molecule has 0 aliphatic heterocycles. The fourth-order valence-corrected chi connectivity index (χ4v) is 4.12. The molecule has 0 amide bonds. The normalized spacial score (nSPS) is 26.9. The van der Waals surface area contributed by atoms with Crippen molar-refractivity contribution in [2.24, 2.45) is 5.73 Å². The summed E-state index contributed by atoms with van der Waals surface area (Å²) in [7, 11) is 0. The van der Waals surface area contributed by atoms with Gasteiger partial charge in [0.2, 0.25) is 0 Å². The molecule has 0 saturated heterocycles. The third kappa shape index (κ3) is 2.91. The van der Waals surface area contributed by atoms with Crippen molar-refractivity contribution in [3.05, 3.63) is 35.4 Å². The molecule has 20 heavy (non-hydrogen) atoms. The summed E-state index contributed by atoms with van der Waals surface area (Å²) in [6, 6.07) is 11.0. The lowest BCUT2D eigenvalue weighted by molar-refractivity contribution is 0.103. The molecule has 0 spiro atoms. The maximum absolute atomic E-state index is 6.07. The summed E-state index contributed by atoms with van der Waals surface area (Å²) in [6.45, 7) is 3.56. The van der Waals surface area contributed by atoms with E-state index in [1.807, 2.05) is 0 Å². The van der Waals surface area contributed by atoms with Gasteiger partial charge < -0.3 is 5.73 Å². The molecule has 0 heterocycles. The van der Waals surface area contributed by atoms with Crippen molar-refractivity contribution in [3.8, 4) is 0 Å². The maximum atomic E-state index is 6.07. The largest absolute Gasteiger partial charge is 0.328 e. The Morgan fingerprint density at radius 3 is 2.15 bits per heavy atom. The molecule has 1 aromatic carbocycles. The Morgan fingerprint density at radius 2 is 1.60 bits per heavy atom. The van der Waals surface area contributed by atoms with Crippen LogP contribution < -0.4 is 5.73 Å². The van der Waals surface area contributed by atoms with Crippen LogP contribution in [0.5, 0.6) is 0 Å². The van der Waals surface area contributed by atoms with Gasteiger partial charge in [-0.2, -0.15) is 0 Å². The van der Waals surface area contributed by atoms with Crippen molar-refractivity contribution in [2.45, 2.75) is 70.0 Å². The zero-order valence-electron chi connectivity index (χ0n) is 12.7. The number of fused-ring (bicyclic) bond motifs is 1. The van der Waals surface area contributed by atoms with Gasteiger partial charge in [0.1, 0.15) is 0 Å². The Morgan fingerprint density at radius 1 is 1.00 bits per heavy atom. The number of rotatable bonds is 4. The monoisotopic (exact) mass is 272 g/mol. The van der Waals surface area contributed by atoms with Gasteiger partial charge >= 0.3 is 0 Å². The van der Waals surface area contributed by atoms with Crippen LogP contribution in [0.4, 0.5) is 0 Å². The first-order valence-electron chi connectivity index (χ1n) is 8.36. The lowest BCUT2D eigenvalue weighted by atomic mass is 9.89. The van der Waals surface area contributed by atoms with Crippen LogP contribution in [0.1, 0.15) is 50.2 Å². The van der Waals surface area contributed by atoms with Gasteiger partial charge in [-0.25, -0.2) is 0 Å². The van der Waals surface area contributed by atoms with Crippen LogP contribution in [0.25, 0.3) is 0 Å². The predicted molar refractivity (Wildman–Crippen MR) is 84.9 cm³/mol. The summed E-state index contributed by atoms with van der Waals surface area (Å²) in [5.41, 5.74) is 9.23. The Hall–Kier alpha value is -0.860. The molecular weight excluding hydrogens is 244 g/mol. The van der Waals surface area contributed by atoms with Crippen molar-refractivity contribution in [3.63, 3.8) is 0 Å². The van der Waals surface area contributed by atoms with Gasteiger partial charge in [0.15, 0.2) is 0 Å². The molecule has 2 aliphatic carbocycles. The highest BCUT2D eigenvalue weighted by atomic mass is 15.2. The second kappa shape index (κ2) is 6.28. The van der Waals surface area contributed by atoms with E-state index in [4.69, 9.17) is 5.73 Å². The minimum atomic E-state index is 0.454. The van der Waals surface area contributed by atoms with Crippen molar-refractivity contribution in [1.82, 2.24) is 4.90 Å². The fourth-order valence-electron chi connectivity index (χ4n) is 4.12. The molecular formula is C18H28N2. The van der Waals surface area contributed by atoms with Crippen LogP contribution in [-0.4, -0.2) is 29.6 Å². The summed E-state index contributed by atoms with van der Waals surface area (Å²) < 4.78 is 0. The van der Waals surface area contributed by atoms with Crippen LogP contribution >= 0.6 is 0 Å². The number of benzene rings is 1. The van der Waals surface area contributed by atoms with Crippen LogP contribution in [0.15, 0.2) is 24.3 Å². The molecule has 0 atom stereocenters. The van der Waals surface area contributed by atoms with Crippen LogP contribution in [-0.2, 0) is 12.8 Å². The molecule has 0 radical (unpaired) electrons. The summed E-state index contributed by atoms with van der Waals surface area (Å²) in [4.78, 5) is 2.81. The highest BCUT2D eigenvalue weighted by Gasteiger charge is 2.32. The molecule has 3 rings (SSSR count). The van der Waals surface area contributed by atoms with E-state index in [0.717, 1.165) is 12.1 Å². The molecule has 1 fully saturated rings. The molecule has 2 heteroatoms. The van der Waals surface area contributed by atoms with E-state index in [0.29, 0.717) is 6.04 Å². The minimum Gasteiger partial charge on any atom is -0.328 e. The number of hydrogen-bond donors (Lipinski definition) is 1. The summed E-state index contributed by atoms with van der Waals surface area (Å²) >= 11 is 0. The second-order valence-electron chi connectivity index (χ2n) is 6.64. The standard InChI is InChI=1S/C18H28N2/c1-2-11-20(17-9-7-16(19)8-10-17)18-12-14-5-3-4-6-15(14)13-18/h3-6,16-18H,2,7-13,19H2,1H3. The van der Waals surface area contributed by atoms with E-state index in [9.17, 15) is 0 Å². The molecule has 2 nitrogen and oxygen atoms in total. The molecule has 1 saturated carbocycles. The number of nitrogens with two attached hydrogens (primary N) is 1. The number of hydrogen-bond acceptors (Lipinski definition) is 2. The van der Waals surface area contributed by atoms with E-state index in [-0.39, 0.29) is 0 Å². The van der Waals surface area contributed by atoms with Gasteiger partial charge in [0.25, 0.3) is 0 Å². The summed E-state index contributed by atoms with van der Waals surface area (Å²) in [5.74, 6) is 0. The summed E-state index contributed by atoms with van der Waals surface area (Å²) in [6.07, 6.45) is 8.78. The molecule has 1 aromatic rings. The SMILES string of the molecule is CCCN(C1CCC(N)CC1)C1Cc2ccccc2C1. The molecule has 2 N–H and O–H groups in total. The highest BCUT2D eigenvalue weighted by molar-refractivity contribution is 5.33. The van der Waals surface area contributed by atoms with E-state index in [2.05, 4.69) is 36.1 Å². The molecule has 0 unspecified atom stereocenters. The van der Waals surface area contributed by atoms with Crippen LogP contribution in [0.2, 0.25) is 0 Å². The van der Waals surface area contributed by atoms with Crippen molar-refractivity contribution in [1.29, 1.82) is 0 Å². The zero-order chi connectivity index (χ0) is 13.9. The quantitative estimate of drug-likeness (QED) is 0.912. The van der Waals surface area contributed by atoms with Crippen molar-refractivity contribution in [2.75, 3.05) is 6.54 Å². The Kier molecular flexibility index (Phi) is 4.42. The summed E-state index contributed by atoms with van der Waals surface area (Å²) in [5, 5.41) is 0. The van der Waals surface area contributed by atoms with Gasteiger partial charge in [-0.1, -0.05) is 31.2 Å². The van der Waals surface area contributed by atoms with E-state index in [1.165, 1.54) is 51.5 Å². The Balaban J connectivity index is 1.69. The van der Waals surface area contributed by atoms with Crippen molar-refractivity contribution >= 4 is 0 Å². The fraction of sp³-hybridized carbons (Fsp3) is 0.667. The third-order valence-electron chi connectivity index (χ3n) is 5.19. The Bertz CT molecular complexity index is 410. The second-order valence-corrected chi connectivity index (χ2v) is 6.64. The van der Waals surface area contributed by atoms with E-state index >= 15 is 0 Å². The van der Waals surface area contributed by atoms with Gasteiger partial charge in [-0.3, -0.25) is 4.90 Å². The van der Waals surface area contributed by atoms with Gasteiger partial charge in [0, 0.05) is 18.1 Å². The maximum Gasteiger partial charge on any atom is 0.0179 e. The van der Waals surface area contributed by atoms with Crippen LogP contribution in [0, 0.1) is 0 Å².